The van der Waals surface area contributed by atoms with Gasteiger partial charge in [0.05, 0.1) is 12.6 Å². The lowest BCUT2D eigenvalue weighted by atomic mass is 9.98. The zero-order chi connectivity index (χ0) is 24.4. The first-order valence-corrected chi connectivity index (χ1v) is 11.8. The van der Waals surface area contributed by atoms with Gasteiger partial charge in [-0.3, -0.25) is 14.5 Å². The number of carbonyl (C=O) groups is 1. The minimum Gasteiger partial charge on any atom is -0.489 e. The summed E-state index contributed by atoms with van der Waals surface area (Å²) in [6.45, 7) is 5.62. The van der Waals surface area contributed by atoms with Crippen LogP contribution in [0.5, 0.6) is 5.75 Å². The van der Waals surface area contributed by atoms with Gasteiger partial charge in [-0.2, -0.15) is 5.10 Å². The SMILES string of the molecule is Cc1ccc(COc2ccc(-c3c(-c4ccncc4)nn4c3C(=O)N(CC(C)O)CC4)cc2)cc1. The van der Waals surface area contributed by atoms with Crippen molar-refractivity contribution in [2.75, 3.05) is 13.1 Å². The molecule has 5 rings (SSSR count). The molecule has 1 aliphatic heterocycles. The number of ether oxygens (including phenoxy) is 1. The van der Waals surface area contributed by atoms with Gasteiger partial charge < -0.3 is 14.7 Å². The minimum atomic E-state index is -0.596. The normalized spacial score (nSPS) is 14.0. The van der Waals surface area contributed by atoms with Crippen LogP contribution in [0.25, 0.3) is 22.4 Å². The van der Waals surface area contributed by atoms with E-state index in [2.05, 4.69) is 36.2 Å². The predicted molar refractivity (Wildman–Crippen MR) is 134 cm³/mol. The number of benzene rings is 2. The third-order valence-corrected chi connectivity index (χ3v) is 6.13. The monoisotopic (exact) mass is 468 g/mol. The lowest BCUT2D eigenvalue weighted by Gasteiger charge is -2.29. The Kier molecular flexibility index (Phi) is 6.33. The Balaban J connectivity index is 1.49. The summed E-state index contributed by atoms with van der Waals surface area (Å²) >= 11 is 0. The number of hydrogen-bond acceptors (Lipinski definition) is 5. The van der Waals surface area contributed by atoms with Gasteiger partial charge in [0, 0.05) is 36.6 Å². The molecule has 0 radical (unpaired) electrons. The van der Waals surface area contributed by atoms with Crippen molar-refractivity contribution in [3.05, 3.63) is 89.9 Å². The molecule has 2 aromatic carbocycles. The fourth-order valence-electron chi connectivity index (χ4n) is 4.36. The lowest BCUT2D eigenvalue weighted by molar-refractivity contribution is 0.0584. The summed E-state index contributed by atoms with van der Waals surface area (Å²) in [7, 11) is 0. The molecule has 0 bridgehead atoms. The van der Waals surface area contributed by atoms with Crippen molar-refractivity contribution >= 4 is 5.91 Å². The Labute approximate surface area is 204 Å². The van der Waals surface area contributed by atoms with E-state index in [9.17, 15) is 9.90 Å². The number of fused-ring (bicyclic) bond motifs is 1. The van der Waals surface area contributed by atoms with E-state index >= 15 is 0 Å². The number of pyridine rings is 1. The van der Waals surface area contributed by atoms with Crippen molar-refractivity contribution in [3.63, 3.8) is 0 Å². The fraction of sp³-hybridized carbons (Fsp3) is 0.250. The number of amides is 1. The summed E-state index contributed by atoms with van der Waals surface area (Å²) in [6.07, 6.45) is 2.85. The average Bonchev–Trinajstić information content (AvgIpc) is 3.26. The third-order valence-electron chi connectivity index (χ3n) is 6.13. The minimum absolute atomic E-state index is 0.125. The van der Waals surface area contributed by atoms with E-state index in [1.54, 1.807) is 28.9 Å². The van der Waals surface area contributed by atoms with Crippen LogP contribution in [0.1, 0.15) is 28.5 Å². The largest absolute Gasteiger partial charge is 0.489 e. The zero-order valence-electron chi connectivity index (χ0n) is 19.9. The van der Waals surface area contributed by atoms with Crippen molar-refractivity contribution in [2.24, 2.45) is 0 Å². The number of aliphatic hydroxyl groups excluding tert-OH is 1. The second-order valence-corrected chi connectivity index (χ2v) is 8.93. The van der Waals surface area contributed by atoms with E-state index in [-0.39, 0.29) is 5.91 Å². The van der Waals surface area contributed by atoms with Crippen LogP contribution in [-0.2, 0) is 13.2 Å². The molecule has 1 unspecified atom stereocenters. The summed E-state index contributed by atoms with van der Waals surface area (Å²) < 4.78 is 7.77. The molecule has 178 valence electrons. The molecular formula is C28H28N4O3. The number of aliphatic hydroxyl groups is 1. The van der Waals surface area contributed by atoms with Crippen molar-refractivity contribution in [1.29, 1.82) is 0 Å². The maximum Gasteiger partial charge on any atom is 0.272 e. The summed E-state index contributed by atoms with van der Waals surface area (Å²) in [5, 5.41) is 14.7. The molecule has 35 heavy (non-hydrogen) atoms. The highest BCUT2D eigenvalue weighted by molar-refractivity contribution is 6.03. The van der Waals surface area contributed by atoms with E-state index in [4.69, 9.17) is 9.84 Å². The smallest absolute Gasteiger partial charge is 0.272 e. The first kappa shape index (κ1) is 22.8. The van der Waals surface area contributed by atoms with Gasteiger partial charge in [-0.1, -0.05) is 42.0 Å². The molecule has 1 amide bonds. The molecule has 0 fully saturated rings. The molecule has 0 saturated carbocycles. The molecule has 0 aliphatic carbocycles. The molecule has 1 N–H and O–H groups in total. The first-order chi connectivity index (χ1) is 17.0. The second-order valence-electron chi connectivity index (χ2n) is 8.93. The van der Waals surface area contributed by atoms with Crippen LogP contribution in [0.2, 0.25) is 0 Å². The standard InChI is InChI=1S/C28H28N4O3/c1-19-3-5-21(6-4-19)18-35-24-9-7-22(8-10-24)25-26(23-11-13-29-14-12-23)30-32-16-15-31(17-20(2)33)28(34)27(25)32/h3-14,20,33H,15-18H2,1-2H3. The van der Waals surface area contributed by atoms with Crippen LogP contribution in [0.3, 0.4) is 0 Å². The Morgan fingerprint density at radius 3 is 2.37 bits per heavy atom. The topological polar surface area (TPSA) is 80.5 Å². The summed E-state index contributed by atoms with van der Waals surface area (Å²) in [5.74, 6) is 0.627. The zero-order valence-corrected chi connectivity index (χ0v) is 19.9. The number of nitrogens with zero attached hydrogens (tertiary/aromatic N) is 4. The molecule has 7 nitrogen and oxygen atoms in total. The molecule has 1 aliphatic rings. The maximum absolute atomic E-state index is 13.5. The van der Waals surface area contributed by atoms with Gasteiger partial charge >= 0.3 is 0 Å². The van der Waals surface area contributed by atoms with Crippen LogP contribution in [0.15, 0.2) is 73.1 Å². The van der Waals surface area contributed by atoms with Crippen molar-refractivity contribution in [2.45, 2.75) is 33.1 Å². The summed E-state index contributed by atoms with van der Waals surface area (Å²) in [6, 6.07) is 19.8. The number of hydrogen-bond donors (Lipinski definition) is 1. The van der Waals surface area contributed by atoms with Crippen molar-refractivity contribution in [3.8, 4) is 28.1 Å². The van der Waals surface area contributed by atoms with Gasteiger partial charge in [0.2, 0.25) is 0 Å². The Morgan fingerprint density at radius 1 is 0.971 bits per heavy atom. The molecule has 3 heterocycles. The maximum atomic E-state index is 13.5. The number of aromatic nitrogens is 3. The Morgan fingerprint density at radius 2 is 1.69 bits per heavy atom. The molecule has 4 aromatic rings. The summed E-state index contributed by atoms with van der Waals surface area (Å²) in [4.78, 5) is 19.3. The number of rotatable bonds is 7. The van der Waals surface area contributed by atoms with Crippen LogP contribution >= 0.6 is 0 Å². The quantitative estimate of drug-likeness (QED) is 0.437. The lowest BCUT2D eigenvalue weighted by Crippen LogP contribution is -2.43. The van der Waals surface area contributed by atoms with E-state index in [0.29, 0.717) is 31.9 Å². The number of β-amino-alcohol motifs (C(OH)–C–C–N with tert-alkyl or cyclic N) is 1. The van der Waals surface area contributed by atoms with Crippen LogP contribution < -0.4 is 4.74 Å². The van der Waals surface area contributed by atoms with E-state index in [0.717, 1.165) is 33.7 Å². The molecule has 2 aromatic heterocycles. The Hall–Kier alpha value is -3.97. The van der Waals surface area contributed by atoms with Gasteiger partial charge in [0.15, 0.2) is 0 Å². The highest BCUT2D eigenvalue weighted by Gasteiger charge is 2.32. The van der Waals surface area contributed by atoms with Gasteiger partial charge in [0.1, 0.15) is 23.7 Å². The molecule has 0 spiro atoms. The molecule has 0 saturated heterocycles. The second kappa shape index (κ2) is 9.72. The average molecular weight is 469 g/mol. The fourth-order valence-corrected chi connectivity index (χ4v) is 4.36. The van der Waals surface area contributed by atoms with Gasteiger partial charge in [-0.25, -0.2) is 0 Å². The van der Waals surface area contributed by atoms with Gasteiger partial charge in [0.25, 0.3) is 5.91 Å². The third kappa shape index (κ3) is 4.81. The molecule has 7 heteroatoms. The van der Waals surface area contributed by atoms with E-state index in [1.807, 2.05) is 36.4 Å². The van der Waals surface area contributed by atoms with Gasteiger partial charge in [-0.05, 0) is 49.2 Å². The molecule has 1 atom stereocenters. The molecular weight excluding hydrogens is 440 g/mol. The number of carbonyl (C=O) groups excluding carboxylic acids is 1. The van der Waals surface area contributed by atoms with Gasteiger partial charge in [-0.15, -0.1) is 0 Å². The highest BCUT2D eigenvalue weighted by Crippen LogP contribution is 2.37. The van der Waals surface area contributed by atoms with Crippen molar-refractivity contribution < 1.29 is 14.6 Å². The van der Waals surface area contributed by atoms with E-state index in [1.165, 1.54) is 5.56 Å². The van der Waals surface area contributed by atoms with Crippen LogP contribution in [-0.4, -0.2) is 49.9 Å². The van der Waals surface area contributed by atoms with Crippen LogP contribution in [0, 0.1) is 6.92 Å². The van der Waals surface area contributed by atoms with Crippen LogP contribution in [0.4, 0.5) is 0 Å². The first-order valence-electron chi connectivity index (χ1n) is 11.8. The summed E-state index contributed by atoms with van der Waals surface area (Å²) in [5.41, 5.74) is 6.16. The Bertz CT molecular complexity index is 1310. The van der Waals surface area contributed by atoms with E-state index < -0.39 is 6.10 Å². The van der Waals surface area contributed by atoms with Crippen molar-refractivity contribution in [1.82, 2.24) is 19.7 Å². The predicted octanol–water partition coefficient (Wildman–Crippen LogP) is 4.34. The number of aryl methyl sites for hydroxylation is 1. The highest BCUT2D eigenvalue weighted by atomic mass is 16.5.